The lowest BCUT2D eigenvalue weighted by atomic mass is 9.96. The molecule has 1 aliphatic rings. The van der Waals surface area contributed by atoms with Crippen molar-refractivity contribution in [3.63, 3.8) is 0 Å². The Morgan fingerprint density at radius 1 is 1.21 bits per heavy atom. The first-order valence-electron chi connectivity index (χ1n) is 9.98. The lowest BCUT2D eigenvalue weighted by molar-refractivity contribution is 0.298. The fraction of sp³-hybridized carbons (Fsp3) is 0.450. The highest BCUT2D eigenvalue weighted by Gasteiger charge is 2.24. The molecule has 1 saturated heterocycles. The van der Waals surface area contributed by atoms with E-state index in [9.17, 15) is 0 Å². The van der Waals surface area contributed by atoms with Gasteiger partial charge in [-0.05, 0) is 25.3 Å². The third-order valence-corrected chi connectivity index (χ3v) is 5.46. The Labute approximate surface area is 170 Å². The summed E-state index contributed by atoms with van der Waals surface area (Å²) in [6.07, 6.45) is 3.62. The van der Waals surface area contributed by atoms with E-state index in [1.165, 1.54) is 5.56 Å². The molecule has 0 radical (unpaired) electrons. The van der Waals surface area contributed by atoms with Crippen LogP contribution in [0.3, 0.4) is 0 Å². The van der Waals surface area contributed by atoms with Crippen LogP contribution in [0.4, 0.5) is 0 Å². The summed E-state index contributed by atoms with van der Waals surface area (Å²) in [5.74, 6) is 4.11. The minimum Gasteiger partial charge on any atom is -0.349 e. The van der Waals surface area contributed by atoms with Gasteiger partial charge >= 0.3 is 0 Å². The Morgan fingerprint density at radius 2 is 2.00 bits per heavy atom. The maximum atomic E-state index is 4.90. The van der Waals surface area contributed by atoms with Crippen LogP contribution in [0.1, 0.15) is 41.8 Å². The van der Waals surface area contributed by atoms with E-state index in [4.69, 9.17) is 4.99 Å². The van der Waals surface area contributed by atoms with Crippen molar-refractivity contribution in [2.75, 3.05) is 13.1 Å². The predicted molar refractivity (Wildman–Crippen MR) is 110 cm³/mol. The number of piperidine rings is 1. The number of rotatable bonds is 5. The number of aliphatic imine (C=N–C) groups is 1. The molecule has 1 aliphatic heterocycles. The molecular formula is C20H27N9. The number of guanidine groups is 1. The van der Waals surface area contributed by atoms with Gasteiger partial charge in [-0.2, -0.15) is 5.10 Å². The largest absolute Gasteiger partial charge is 0.349 e. The van der Waals surface area contributed by atoms with Crippen molar-refractivity contribution in [1.82, 2.24) is 40.2 Å². The van der Waals surface area contributed by atoms with E-state index < -0.39 is 0 Å². The van der Waals surface area contributed by atoms with Gasteiger partial charge in [-0.25, -0.2) is 9.98 Å². The molecule has 0 spiro atoms. The van der Waals surface area contributed by atoms with Crippen LogP contribution in [0.15, 0.2) is 41.7 Å². The van der Waals surface area contributed by atoms with Gasteiger partial charge in [0.1, 0.15) is 18.0 Å². The molecule has 0 amide bonds. The molecule has 3 heterocycles. The third kappa shape index (κ3) is 4.61. The molecule has 0 saturated carbocycles. The summed E-state index contributed by atoms with van der Waals surface area (Å²) < 4.78 is 2.00. The molecule has 29 heavy (non-hydrogen) atoms. The smallest absolute Gasteiger partial charge is 0.194 e. The first-order valence-corrected chi connectivity index (χ1v) is 9.98. The zero-order chi connectivity index (χ0) is 20.1. The predicted octanol–water partition coefficient (Wildman–Crippen LogP) is 1.77. The number of benzene rings is 1. The average Bonchev–Trinajstić information content (AvgIpc) is 3.41. The minimum absolute atomic E-state index is 0.422. The number of likely N-dealkylation sites (tertiary alicyclic amines) is 1. The second kappa shape index (κ2) is 8.85. The highest BCUT2D eigenvalue weighted by atomic mass is 15.3. The van der Waals surface area contributed by atoms with Gasteiger partial charge in [-0.1, -0.05) is 30.3 Å². The molecule has 2 aromatic heterocycles. The second-order valence-electron chi connectivity index (χ2n) is 7.33. The van der Waals surface area contributed by atoms with Crippen molar-refractivity contribution in [3.8, 4) is 0 Å². The van der Waals surface area contributed by atoms with Crippen LogP contribution in [0.2, 0.25) is 0 Å². The maximum Gasteiger partial charge on any atom is 0.194 e. The van der Waals surface area contributed by atoms with E-state index in [1.807, 2.05) is 36.7 Å². The van der Waals surface area contributed by atoms with Crippen molar-refractivity contribution in [2.24, 2.45) is 12.0 Å². The normalized spacial score (nSPS) is 15.7. The maximum absolute atomic E-state index is 4.90. The molecule has 4 rings (SSSR count). The van der Waals surface area contributed by atoms with Crippen LogP contribution in [0.5, 0.6) is 0 Å². The molecule has 1 fully saturated rings. The molecule has 9 nitrogen and oxygen atoms in total. The summed E-state index contributed by atoms with van der Waals surface area (Å²) in [6.45, 7) is 5.03. The summed E-state index contributed by atoms with van der Waals surface area (Å²) in [7, 11) is 1.98. The summed E-state index contributed by atoms with van der Waals surface area (Å²) >= 11 is 0. The number of aryl methyl sites for hydroxylation is 1. The SMILES string of the molecule is Cc1nnc(CNC(=NCc2ccccc2)N2CCC(c3ncn[nH]3)CC2)n1C. The van der Waals surface area contributed by atoms with Gasteiger partial charge in [0.05, 0.1) is 13.1 Å². The van der Waals surface area contributed by atoms with Crippen molar-refractivity contribution in [2.45, 2.75) is 38.8 Å². The number of nitrogens with zero attached hydrogens (tertiary/aromatic N) is 7. The number of aromatic amines is 1. The summed E-state index contributed by atoms with van der Waals surface area (Å²) in [5.41, 5.74) is 1.19. The lowest BCUT2D eigenvalue weighted by Crippen LogP contribution is -2.45. The van der Waals surface area contributed by atoms with Crippen LogP contribution in [-0.2, 0) is 20.1 Å². The quantitative estimate of drug-likeness (QED) is 0.506. The topological polar surface area (TPSA) is 99.9 Å². The van der Waals surface area contributed by atoms with Gasteiger partial charge in [-0.3, -0.25) is 5.10 Å². The molecule has 0 bridgehead atoms. The van der Waals surface area contributed by atoms with E-state index in [-0.39, 0.29) is 0 Å². The van der Waals surface area contributed by atoms with Crippen molar-refractivity contribution in [3.05, 3.63) is 59.7 Å². The zero-order valence-electron chi connectivity index (χ0n) is 16.9. The number of nitrogens with one attached hydrogen (secondary N) is 2. The van der Waals surface area contributed by atoms with Crippen LogP contribution in [-0.4, -0.2) is 53.9 Å². The monoisotopic (exact) mass is 393 g/mol. The van der Waals surface area contributed by atoms with Crippen molar-refractivity contribution >= 4 is 5.96 Å². The molecule has 1 aromatic carbocycles. The molecule has 3 aromatic rings. The van der Waals surface area contributed by atoms with Crippen LogP contribution in [0, 0.1) is 6.92 Å². The summed E-state index contributed by atoms with van der Waals surface area (Å²) in [6, 6.07) is 10.3. The first-order chi connectivity index (χ1) is 14.2. The molecule has 0 aliphatic carbocycles. The minimum atomic E-state index is 0.422. The highest BCUT2D eigenvalue weighted by molar-refractivity contribution is 5.80. The van der Waals surface area contributed by atoms with E-state index in [0.29, 0.717) is 19.0 Å². The van der Waals surface area contributed by atoms with Crippen molar-refractivity contribution < 1.29 is 0 Å². The van der Waals surface area contributed by atoms with Crippen LogP contribution < -0.4 is 5.32 Å². The molecule has 2 N–H and O–H groups in total. The fourth-order valence-electron chi connectivity index (χ4n) is 3.56. The Balaban J connectivity index is 1.45. The average molecular weight is 393 g/mol. The molecule has 0 atom stereocenters. The highest BCUT2D eigenvalue weighted by Crippen LogP contribution is 2.25. The van der Waals surface area contributed by atoms with E-state index in [1.54, 1.807) is 6.33 Å². The van der Waals surface area contributed by atoms with E-state index >= 15 is 0 Å². The Kier molecular flexibility index (Phi) is 5.83. The molecular weight excluding hydrogens is 366 g/mol. The molecule has 152 valence electrons. The molecule has 0 unspecified atom stereocenters. The van der Waals surface area contributed by atoms with Gasteiger partial charge in [0.2, 0.25) is 0 Å². The van der Waals surface area contributed by atoms with Crippen LogP contribution in [0.25, 0.3) is 0 Å². The number of H-pyrrole nitrogens is 1. The van der Waals surface area contributed by atoms with E-state index in [2.05, 4.69) is 47.7 Å². The standard InChI is InChI=1S/C20H27N9/c1-15-25-26-18(28(15)2)13-22-20(21-12-16-6-4-3-5-7-16)29-10-8-17(9-11-29)19-23-14-24-27-19/h3-7,14,17H,8-13H2,1-2H3,(H,21,22)(H,23,24,27). The Hall–Kier alpha value is -3.23. The fourth-order valence-corrected chi connectivity index (χ4v) is 3.56. The van der Waals surface area contributed by atoms with E-state index in [0.717, 1.165) is 49.4 Å². The summed E-state index contributed by atoms with van der Waals surface area (Å²) in [5, 5.41) is 18.9. The van der Waals surface area contributed by atoms with Crippen LogP contribution >= 0.6 is 0 Å². The van der Waals surface area contributed by atoms with Crippen molar-refractivity contribution in [1.29, 1.82) is 0 Å². The number of aromatic nitrogens is 6. The third-order valence-electron chi connectivity index (χ3n) is 5.46. The molecule has 9 heteroatoms. The number of hydrogen-bond acceptors (Lipinski definition) is 5. The van der Waals surface area contributed by atoms with Gasteiger partial charge in [0.15, 0.2) is 11.8 Å². The Bertz CT molecular complexity index is 922. The van der Waals surface area contributed by atoms with Gasteiger partial charge < -0.3 is 14.8 Å². The lowest BCUT2D eigenvalue weighted by Gasteiger charge is -2.33. The summed E-state index contributed by atoms with van der Waals surface area (Å²) in [4.78, 5) is 11.5. The van der Waals surface area contributed by atoms with Gasteiger partial charge in [0, 0.05) is 26.1 Å². The number of hydrogen-bond donors (Lipinski definition) is 2. The second-order valence-corrected chi connectivity index (χ2v) is 7.33. The first kappa shape index (κ1) is 19.1. The zero-order valence-corrected chi connectivity index (χ0v) is 16.9. The van der Waals surface area contributed by atoms with Gasteiger partial charge in [0.25, 0.3) is 0 Å². The Morgan fingerprint density at radius 3 is 2.66 bits per heavy atom. The van der Waals surface area contributed by atoms with Gasteiger partial charge in [-0.15, -0.1) is 10.2 Å².